The third kappa shape index (κ3) is 2.90. The summed E-state index contributed by atoms with van der Waals surface area (Å²) in [7, 11) is 0. The Morgan fingerprint density at radius 2 is 2.16 bits per heavy atom. The number of fused-ring (bicyclic) bond motifs is 1. The average Bonchev–Trinajstić information content (AvgIpc) is 2.43. The van der Waals surface area contributed by atoms with Crippen molar-refractivity contribution in [1.82, 2.24) is 4.90 Å². The minimum absolute atomic E-state index is 0.309. The van der Waals surface area contributed by atoms with Crippen LogP contribution in [0.2, 0.25) is 0 Å². The number of para-hydroxylation sites is 1. The second kappa shape index (κ2) is 5.72. The summed E-state index contributed by atoms with van der Waals surface area (Å²) in [5, 5.41) is 0.309. The fraction of sp³-hybridized carbons (Fsp3) is 0.625. The van der Waals surface area contributed by atoms with Gasteiger partial charge in [0.15, 0.2) is 0 Å². The Kier molecular flexibility index (Phi) is 3.99. The zero-order chi connectivity index (χ0) is 13.2. The molecule has 3 atom stereocenters. The molecule has 3 rings (SSSR count). The van der Waals surface area contributed by atoms with Gasteiger partial charge in [-0.1, -0.05) is 25.1 Å². The molecule has 1 saturated heterocycles. The van der Waals surface area contributed by atoms with E-state index in [4.69, 9.17) is 16.3 Å². The van der Waals surface area contributed by atoms with Gasteiger partial charge in [-0.05, 0) is 36.9 Å². The number of ether oxygens (including phenoxy) is 1. The van der Waals surface area contributed by atoms with E-state index in [1.807, 2.05) is 0 Å². The number of benzene rings is 1. The lowest BCUT2D eigenvalue weighted by atomic mass is 9.91. The van der Waals surface area contributed by atoms with Crippen molar-refractivity contribution in [3.8, 4) is 5.75 Å². The van der Waals surface area contributed by atoms with Gasteiger partial charge < -0.3 is 9.64 Å². The molecule has 19 heavy (non-hydrogen) atoms. The Bertz CT molecular complexity index is 437. The summed E-state index contributed by atoms with van der Waals surface area (Å²) in [4.78, 5) is 2.53. The van der Waals surface area contributed by atoms with Crippen molar-refractivity contribution in [2.45, 2.75) is 31.1 Å². The molecule has 0 spiro atoms. The van der Waals surface area contributed by atoms with Gasteiger partial charge in [-0.15, -0.1) is 11.6 Å². The van der Waals surface area contributed by atoms with Gasteiger partial charge in [0.25, 0.3) is 0 Å². The largest absolute Gasteiger partial charge is 0.493 e. The van der Waals surface area contributed by atoms with Crippen molar-refractivity contribution < 1.29 is 4.74 Å². The molecule has 0 aliphatic carbocycles. The Morgan fingerprint density at radius 1 is 1.32 bits per heavy atom. The van der Waals surface area contributed by atoms with E-state index in [1.165, 1.54) is 18.5 Å². The highest BCUT2D eigenvalue weighted by Gasteiger charge is 2.28. The van der Waals surface area contributed by atoms with Gasteiger partial charge in [-0.25, -0.2) is 0 Å². The summed E-state index contributed by atoms with van der Waals surface area (Å²) in [5.74, 6) is 2.33. The minimum atomic E-state index is 0.309. The molecule has 0 N–H and O–H groups in total. The minimum Gasteiger partial charge on any atom is -0.493 e. The van der Waals surface area contributed by atoms with Crippen LogP contribution >= 0.6 is 11.6 Å². The molecule has 104 valence electrons. The van der Waals surface area contributed by atoms with Gasteiger partial charge in [0, 0.05) is 24.4 Å². The van der Waals surface area contributed by atoms with Crippen LogP contribution in [-0.2, 0) is 0 Å². The number of hydrogen-bond acceptors (Lipinski definition) is 2. The van der Waals surface area contributed by atoms with Crippen molar-refractivity contribution >= 4 is 11.6 Å². The highest BCUT2D eigenvalue weighted by molar-refractivity contribution is 6.21. The molecular weight excluding hydrogens is 258 g/mol. The molecule has 1 aromatic rings. The second-order valence-corrected chi connectivity index (χ2v) is 6.47. The van der Waals surface area contributed by atoms with Gasteiger partial charge in [0.1, 0.15) is 5.75 Å². The second-order valence-electron chi connectivity index (χ2n) is 5.91. The van der Waals surface area contributed by atoms with E-state index >= 15 is 0 Å². The van der Waals surface area contributed by atoms with E-state index in [1.54, 1.807) is 0 Å². The third-order valence-corrected chi connectivity index (χ3v) is 5.08. The van der Waals surface area contributed by atoms with E-state index in [9.17, 15) is 0 Å². The fourth-order valence-corrected chi connectivity index (χ4v) is 3.49. The zero-order valence-corrected chi connectivity index (χ0v) is 12.3. The fourth-order valence-electron chi connectivity index (χ4n) is 3.17. The molecule has 2 aliphatic heterocycles. The maximum absolute atomic E-state index is 6.41. The smallest absolute Gasteiger partial charge is 0.122 e. The lowest BCUT2D eigenvalue weighted by molar-refractivity contribution is 0.168. The molecule has 0 radical (unpaired) electrons. The average molecular weight is 280 g/mol. The number of nitrogens with zero attached hydrogens (tertiary/aromatic N) is 1. The first kappa shape index (κ1) is 13.3. The lowest BCUT2D eigenvalue weighted by Gasteiger charge is -2.37. The van der Waals surface area contributed by atoms with Crippen LogP contribution in [0.1, 0.15) is 31.2 Å². The number of piperidine rings is 1. The number of alkyl halides is 1. The Labute approximate surface area is 120 Å². The van der Waals surface area contributed by atoms with Gasteiger partial charge >= 0.3 is 0 Å². The molecule has 1 fully saturated rings. The van der Waals surface area contributed by atoms with Crippen LogP contribution in [0.25, 0.3) is 0 Å². The SMILES string of the molecule is CC1CCN(CC2CCOc3ccccc32)CC1Cl. The molecule has 2 heterocycles. The quantitative estimate of drug-likeness (QED) is 0.768. The van der Waals surface area contributed by atoms with E-state index < -0.39 is 0 Å². The van der Waals surface area contributed by atoms with Gasteiger partial charge in [0.05, 0.1) is 6.61 Å². The third-order valence-electron chi connectivity index (χ3n) is 4.51. The molecule has 0 bridgehead atoms. The predicted molar refractivity (Wildman–Crippen MR) is 79.2 cm³/mol. The monoisotopic (exact) mass is 279 g/mol. The van der Waals surface area contributed by atoms with Crippen molar-refractivity contribution in [2.24, 2.45) is 5.92 Å². The van der Waals surface area contributed by atoms with Crippen LogP contribution in [0.4, 0.5) is 0 Å². The maximum Gasteiger partial charge on any atom is 0.122 e. The molecule has 0 saturated carbocycles. The zero-order valence-electron chi connectivity index (χ0n) is 11.5. The Balaban J connectivity index is 1.68. The van der Waals surface area contributed by atoms with Crippen LogP contribution in [0.3, 0.4) is 0 Å². The van der Waals surface area contributed by atoms with E-state index in [-0.39, 0.29) is 0 Å². The lowest BCUT2D eigenvalue weighted by Crippen LogP contribution is -2.42. The predicted octanol–water partition coefficient (Wildman–Crippen LogP) is 3.50. The van der Waals surface area contributed by atoms with Crippen LogP contribution in [-0.4, -0.2) is 36.5 Å². The highest BCUT2D eigenvalue weighted by Crippen LogP contribution is 2.34. The molecule has 0 aromatic heterocycles. The molecule has 3 unspecified atom stereocenters. The first-order valence-corrected chi connectivity index (χ1v) is 7.76. The first-order chi connectivity index (χ1) is 9.24. The first-order valence-electron chi connectivity index (χ1n) is 7.32. The number of likely N-dealkylation sites (tertiary alicyclic amines) is 1. The summed E-state index contributed by atoms with van der Waals surface area (Å²) in [6.45, 7) is 6.44. The Morgan fingerprint density at radius 3 is 3.00 bits per heavy atom. The molecule has 0 amide bonds. The van der Waals surface area contributed by atoms with Crippen molar-refractivity contribution in [2.75, 3.05) is 26.2 Å². The van der Waals surface area contributed by atoms with Crippen LogP contribution < -0.4 is 4.74 Å². The van der Waals surface area contributed by atoms with Crippen LogP contribution in [0.15, 0.2) is 24.3 Å². The molecule has 2 aliphatic rings. The Hall–Kier alpha value is -0.730. The maximum atomic E-state index is 6.41. The van der Waals surface area contributed by atoms with E-state index in [0.717, 1.165) is 31.9 Å². The molecule has 2 nitrogen and oxygen atoms in total. The van der Waals surface area contributed by atoms with E-state index in [0.29, 0.717) is 17.2 Å². The summed E-state index contributed by atoms with van der Waals surface area (Å²) >= 11 is 6.41. The van der Waals surface area contributed by atoms with Crippen LogP contribution in [0, 0.1) is 5.92 Å². The standard InChI is InChI=1S/C16H22ClNO/c1-12-6-8-18(11-15(12)17)10-13-7-9-19-16-5-3-2-4-14(13)16/h2-5,12-13,15H,6-11H2,1H3. The summed E-state index contributed by atoms with van der Waals surface area (Å²) in [5.41, 5.74) is 1.37. The van der Waals surface area contributed by atoms with Gasteiger partial charge in [-0.2, -0.15) is 0 Å². The van der Waals surface area contributed by atoms with Crippen molar-refractivity contribution in [3.05, 3.63) is 29.8 Å². The topological polar surface area (TPSA) is 12.5 Å². The van der Waals surface area contributed by atoms with Crippen LogP contribution in [0.5, 0.6) is 5.75 Å². The number of halogens is 1. The molecule has 3 heteroatoms. The normalized spacial score (nSPS) is 31.6. The van der Waals surface area contributed by atoms with Crippen molar-refractivity contribution in [3.63, 3.8) is 0 Å². The highest BCUT2D eigenvalue weighted by atomic mass is 35.5. The van der Waals surface area contributed by atoms with Crippen molar-refractivity contribution in [1.29, 1.82) is 0 Å². The molecule has 1 aromatic carbocycles. The number of hydrogen-bond donors (Lipinski definition) is 0. The summed E-state index contributed by atoms with van der Waals surface area (Å²) in [6, 6.07) is 8.47. The molecular formula is C16H22ClNO. The summed E-state index contributed by atoms with van der Waals surface area (Å²) < 4.78 is 5.74. The van der Waals surface area contributed by atoms with E-state index in [2.05, 4.69) is 36.1 Å². The van der Waals surface area contributed by atoms with Gasteiger partial charge in [-0.3, -0.25) is 0 Å². The van der Waals surface area contributed by atoms with Gasteiger partial charge in [0.2, 0.25) is 0 Å². The number of rotatable bonds is 2. The summed E-state index contributed by atoms with van der Waals surface area (Å²) in [6.07, 6.45) is 2.34.